The van der Waals surface area contributed by atoms with Crippen molar-refractivity contribution in [3.63, 3.8) is 0 Å². The summed E-state index contributed by atoms with van der Waals surface area (Å²) in [4.78, 5) is 20.2. The number of nitrogens with zero attached hydrogens (tertiary/aromatic N) is 2. The fraction of sp³-hybridized carbons (Fsp3) is 0.0625. The molecule has 7 heteroatoms. The molecule has 1 aromatic carbocycles. The summed E-state index contributed by atoms with van der Waals surface area (Å²) in [5, 5.41) is 5.55. The van der Waals surface area contributed by atoms with Crippen LogP contribution in [-0.4, -0.2) is 15.9 Å². The zero-order valence-corrected chi connectivity index (χ0v) is 12.0. The predicted molar refractivity (Wildman–Crippen MR) is 82.4 cm³/mol. The summed E-state index contributed by atoms with van der Waals surface area (Å²) >= 11 is 0. The van der Waals surface area contributed by atoms with Crippen LogP contribution in [0.4, 0.5) is 16.0 Å². The first-order chi connectivity index (χ1) is 11.2. The highest BCUT2D eigenvalue weighted by Crippen LogP contribution is 2.11. The van der Waals surface area contributed by atoms with Crippen molar-refractivity contribution in [1.82, 2.24) is 9.97 Å². The Hall–Kier alpha value is -3.22. The Morgan fingerprint density at radius 3 is 2.70 bits per heavy atom. The van der Waals surface area contributed by atoms with Crippen LogP contribution >= 0.6 is 0 Å². The lowest BCUT2D eigenvalue weighted by molar-refractivity contribution is 0.102. The van der Waals surface area contributed by atoms with Gasteiger partial charge in [-0.1, -0.05) is 6.07 Å². The third-order valence-corrected chi connectivity index (χ3v) is 3.00. The van der Waals surface area contributed by atoms with Crippen LogP contribution in [0.5, 0.6) is 0 Å². The van der Waals surface area contributed by atoms with Gasteiger partial charge in [0.1, 0.15) is 11.6 Å². The van der Waals surface area contributed by atoms with E-state index in [2.05, 4.69) is 20.6 Å². The molecule has 0 saturated carbocycles. The summed E-state index contributed by atoms with van der Waals surface area (Å²) in [7, 11) is 0. The Morgan fingerprint density at radius 1 is 1.17 bits per heavy atom. The van der Waals surface area contributed by atoms with Gasteiger partial charge >= 0.3 is 0 Å². The molecule has 0 aliphatic carbocycles. The van der Waals surface area contributed by atoms with E-state index in [-0.39, 0.29) is 5.56 Å². The number of rotatable bonds is 5. The van der Waals surface area contributed by atoms with Crippen LogP contribution in [0.2, 0.25) is 0 Å². The van der Waals surface area contributed by atoms with Crippen molar-refractivity contribution in [1.29, 1.82) is 0 Å². The number of benzene rings is 1. The van der Waals surface area contributed by atoms with E-state index in [0.717, 1.165) is 5.76 Å². The average molecular weight is 312 g/mol. The summed E-state index contributed by atoms with van der Waals surface area (Å²) in [5.41, 5.74) is 0.646. The van der Waals surface area contributed by atoms with Crippen molar-refractivity contribution in [3.05, 3.63) is 72.2 Å². The Bertz CT molecular complexity index is 788. The predicted octanol–water partition coefficient (Wildman–Crippen LogP) is 3.07. The maximum atomic E-state index is 13.1. The number of halogens is 1. The van der Waals surface area contributed by atoms with Crippen LogP contribution in [-0.2, 0) is 6.54 Å². The van der Waals surface area contributed by atoms with Crippen LogP contribution < -0.4 is 10.6 Å². The summed E-state index contributed by atoms with van der Waals surface area (Å²) in [6, 6.07) is 9.27. The molecule has 116 valence electrons. The van der Waals surface area contributed by atoms with E-state index in [1.54, 1.807) is 18.4 Å². The number of anilines is 2. The van der Waals surface area contributed by atoms with E-state index in [1.165, 1.54) is 30.6 Å². The van der Waals surface area contributed by atoms with Gasteiger partial charge in [-0.25, -0.2) is 14.4 Å². The van der Waals surface area contributed by atoms with Gasteiger partial charge in [-0.05, 0) is 30.3 Å². The second-order valence-corrected chi connectivity index (χ2v) is 4.69. The average Bonchev–Trinajstić information content (AvgIpc) is 3.07. The van der Waals surface area contributed by atoms with Gasteiger partial charge in [-0.15, -0.1) is 0 Å². The highest BCUT2D eigenvalue weighted by Gasteiger charge is 2.08. The van der Waals surface area contributed by atoms with Crippen LogP contribution in [0.25, 0.3) is 0 Å². The molecule has 1 amide bonds. The highest BCUT2D eigenvalue weighted by molar-refractivity contribution is 6.03. The number of carbonyl (C=O) groups excluding carboxylic acids is 1. The molecule has 0 spiro atoms. The first-order valence-corrected chi connectivity index (χ1v) is 6.86. The first kappa shape index (κ1) is 14.7. The van der Waals surface area contributed by atoms with Gasteiger partial charge in [0, 0.05) is 18.1 Å². The standard InChI is InChI=1S/C16H13FN4O2/c17-12-3-1-4-13(7-12)21-15(22)11-8-18-16(19-9-11)20-10-14-5-2-6-23-14/h1-9H,10H2,(H,21,22)(H,18,19,20). The van der Waals surface area contributed by atoms with E-state index >= 15 is 0 Å². The fourth-order valence-corrected chi connectivity index (χ4v) is 1.89. The summed E-state index contributed by atoms with van der Waals surface area (Å²) in [5.74, 6) is 0.301. The van der Waals surface area contributed by atoms with Gasteiger partial charge in [-0.3, -0.25) is 4.79 Å². The molecule has 2 heterocycles. The topological polar surface area (TPSA) is 80.0 Å². The van der Waals surface area contributed by atoms with E-state index in [4.69, 9.17) is 4.42 Å². The molecule has 0 bridgehead atoms. The van der Waals surface area contributed by atoms with Gasteiger partial charge in [-0.2, -0.15) is 0 Å². The summed E-state index contributed by atoms with van der Waals surface area (Å²) in [6.07, 6.45) is 4.37. The van der Waals surface area contributed by atoms with Crippen LogP contribution in [0, 0.1) is 5.82 Å². The SMILES string of the molecule is O=C(Nc1cccc(F)c1)c1cnc(NCc2ccco2)nc1. The number of carbonyl (C=O) groups is 1. The van der Waals surface area contributed by atoms with E-state index < -0.39 is 11.7 Å². The Kier molecular flexibility index (Phi) is 4.28. The summed E-state index contributed by atoms with van der Waals surface area (Å²) in [6.45, 7) is 0.446. The van der Waals surface area contributed by atoms with Gasteiger partial charge in [0.05, 0.1) is 18.4 Å². The van der Waals surface area contributed by atoms with Crippen molar-refractivity contribution in [2.45, 2.75) is 6.54 Å². The molecule has 0 radical (unpaired) electrons. The number of amides is 1. The third kappa shape index (κ3) is 3.91. The number of furan rings is 1. The lowest BCUT2D eigenvalue weighted by atomic mass is 10.2. The molecule has 23 heavy (non-hydrogen) atoms. The quantitative estimate of drug-likeness (QED) is 0.757. The fourth-order valence-electron chi connectivity index (χ4n) is 1.89. The molecule has 0 atom stereocenters. The molecule has 3 rings (SSSR count). The normalized spacial score (nSPS) is 10.3. The maximum absolute atomic E-state index is 13.1. The van der Waals surface area contributed by atoms with E-state index in [1.807, 2.05) is 6.07 Å². The minimum Gasteiger partial charge on any atom is -0.467 e. The zero-order valence-electron chi connectivity index (χ0n) is 12.0. The van der Waals surface area contributed by atoms with Gasteiger partial charge in [0.2, 0.25) is 5.95 Å². The molecule has 3 aromatic rings. The van der Waals surface area contributed by atoms with Crippen molar-refractivity contribution < 1.29 is 13.6 Å². The Morgan fingerprint density at radius 2 is 2.00 bits per heavy atom. The van der Waals surface area contributed by atoms with Gasteiger partial charge in [0.25, 0.3) is 5.91 Å². The smallest absolute Gasteiger partial charge is 0.258 e. The highest BCUT2D eigenvalue weighted by atomic mass is 19.1. The molecule has 0 aliphatic rings. The third-order valence-electron chi connectivity index (χ3n) is 3.00. The molecule has 2 N–H and O–H groups in total. The van der Waals surface area contributed by atoms with Crippen LogP contribution in [0.1, 0.15) is 16.1 Å². The minimum atomic E-state index is -0.420. The summed E-state index contributed by atoms with van der Waals surface area (Å²) < 4.78 is 18.3. The largest absolute Gasteiger partial charge is 0.467 e. The molecular formula is C16H13FN4O2. The Balaban J connectivity index is 1.61. The molecule has 0 fully saturated rings. The lowest BCUT2D eigenvalue weighted by Crippen LogP contribution is -2.13. The van der Waals surface area contributed by atoms with Gasteiger partial charge < -0.3 is 15.1 Å². The number of hydrogen-bond acceptors (Lipinski definition) is 5. The number of aromatic nitrogens is 2. The van der Waals surface area contributed by atoms with E-state index in [0.29, 0.717) is 18.2 Å². The van der Waals surface area contributed by atoms with Crippen LogP contribution in [0.3, 0.4) is 0 Å². The molecule has 0 aliphatic heterocycles. The monoisotopic (exact) mass is 312 g/mol. The van der Waals surface area contributed by atoms with Crippen molar-refractivity contribution in [2.75, 3.05) is 10.6 Å². The lowest BCUT2D eigenvalue weighted by Gasteiger charge is -2.06. The Labute approximate surface area is 131 Å². The van der Waals surface area contributed by atoms with Crippen molar-refractivity contribution in [2.24, 2.45) is 0 Å². The zero-order chi connectivity index (χ0) is 16.1. The molecule has 2 aromatic heterocycles. The van der Waals surface area contributed by atoms with Crippen molar-refractivity contribution >= 4 is 17.5 Å². The molecule has 0 saturated heterocycles. The molecule has 0 unspecified atom stereocenters. The maximum Gasteiger partial charge on any atom is 0.258 e. The second-order valence-electron chi connectivity index (χ2n) is 4.69. The van der Waals surface area contributed by atoms with E-state index in [9.17, 15) is 9.18 Å². The first-order valence-electron chi connectivity index (χ1n) is 6.86. The molecular weight excluding hydrogens is 299 g/mol. The second kappa shape index (κ2) is 6.69. The van der Waals surface area contributed by atoms with Crippen molar-refractivity contribution in [3.8, 4) is 0 Å². The number of nitrogens with one attached hydrogen (secondary N) is 2. The van der Waals surface area contributed by atoms with Crippen LogP contribution in [0.15, 0.2) is 59.5 Å². The molecule has 6 nitrogen and oxygen atoms in total. The minimum absolute atomic E-state index is 0.276. The number of hydrogen-bond donors (Lipinski definition) is 2. The van der Waals surface area contributed by atoms with Gasteiger partial charge in [0.15, 0.2) is 0 Å².